The standard InChI is InChI=1S/C13H16N2O4/c16-12(10-19-11-4-2-1-3-5-11)14-6-7-15-8-9-18-13(15)17/h1-5H,6-10H2,(H,14,16). The Labute approximate surface area is 111 Å². The van der Waals surface area contributed by atoms with E-state index in [1.807, 2.05) is 18.2 Å². The number of carbonyl (C=O) groups excluding carboxylic acids is 2. The van der Waals surface area contributed by atoms with Gasteiger partial charge in [0.2, 0.25) is 0 Å². The quantitative estimate of drug-likeness (QED) is 0.818. The molecule has 1 aliphatic heterocycles. The van der Waals surface area contributed by atoms with Crippen molar-refractivity contribution in [2.45, 2.75) is 0 Å². The summed E-state index contributed by atoms with van der Waals surface area (Å²) in [7, 11) is 0. The Morgan fingerprint density at radius 3 is 2.84 bits per heavy atom. The normalized spacial score (nSPS) is 14.1. The van der Waals surface area contributed by atoms with Gasteiger partial charge in [-0.2, -0.15) is 0 Å². The van der Waals surface area contributed by atoms with Gasteiger partial charge in [-0.3, -0.25) is 4.79 Å². The first-order valence-electron chi connectivity index (χ1n) is 6.12. The first-order chi connectivity index (χ1) is 9.25. The molecule has 1 heterocycles. The van der Waals surface area contributed by atoms with E-state index < -0.39 is 0 Å². The number of amides is 2. The van der Waals surface area contributed by atoms with Gasteiger partial charge in [-0.15, -0.1) is 0 Å². The van der Waals surface area contributed by atoms with Crippen LogP contribution in [0.4, 0.5) is 4.79 Å². The van der Waals surface area contributed by atoms with E-state index in [-0.39, 0.29) is 18.6 Å². The number of nitrogens with one attached hydrogen (secondary N) is 1. The van der Waals surface area contributed by atoms with Crippen molar-refractivity contribution in [3.05, 3.63) is 30.3 Å². The van der Waals surface area contributed by atoms with Crippen molar-refractivity contribution >= 4 is 12.0 Å². The second-order valence-electron chi connectivity index (χ2n) is 4.05. The molecule has 19 heavy (non-hydrogen) atoms. The lowest BCUT2D eigenvalue weighted by Gasteiger charge is -2.13. The van der Waals surface area contributed by atoms with E-state index in [1.54, 1.807) is 17.0 Å². The molecule has 102 valence electrons. The number of para-hydroxylation sites is 1. The Bertz CT molecular complexity index is 436. The van der Waals surface area contributed by atoms with Crippen molar-refractivity contribution in [2.24, 2.45) is 0 Å². The van der Waals surface area contributed by atoms with E-state index in [9.17, 15) is 9.59 Å². The summed E-state index contributed by atoms with van der Waals surface area (Å²) in [5.74, 6) is 0.442. The third-order valence-corrected chi connectivity index (χ3v) is 2.66. The van der Waals surface area contributed by atoms with Crippen molar-refractivity contribution < 1.29 is 19.1 Å². The van der Waals surface area contributed by atoms with Gasteiger partial charge in [0.15, 0.2) is 6.61 Å². The fraction of sp³-hybridized carbons (Fsp3) is 0.385. The Balaban J connectivity index is 1.61. The second-order valence-corrected chi connectivity index (χ2v) is 4.05. The lowest BCUT2D eigenvalue weighted by molar-refractivity contribution is -0.123. The van der Waals surface area contributed by atoms with Crippen molar-refractivity contribution in [3.63, 3.8) is 0 Å². The van der Waals surface area contributed by atoms with Crippen LogP contribution in [-0.4, -0.2) is 49.7 Å². The molecule has 1 fully saturated rings. The molecule has 1 saturated heterocycles. The van der Waals surface area contributed by atoms with Crippen LogP contribution in [0.5, 0.6) is 5.75 Å². The first-order valence-corrected chi connectivity index (χ1v) is 6.12. The van der Waals surface area contributed by atoms with E-state index in [0.29, 0.717) is 32.0 Å². The summed E-state index contributed by atoms with van der Waals surface area (Å²) in [6, 6.07) is 9.13. The monoisotopic (exact) mass is 264 g/mol. The van der Waals surface area contributed by atoms with Crippen LogP contribution in [0.25, 0.3) is 0 Å². The summed E-state index contributed by atoms with van der Waals surface area (Å²) >= 11 is 0. The zero-order chi connectivity index (χ0) is 13.5. The van der Waals surface area contributed by atoms with Crippen molar-refractivity contribution in [3.8, 4) is 5.75 Å². The van der Waals surface area contributed by atoms with Crippen LogP contribution < -0.4 is 10.1 Å². The molecular formula is C13H16N2O4. The molecule has 0 spiro atoms. The van der Waals surface area contributed by atoms with Crippen LogP contribution in [0, 0.1) is 0 Å². The van der Waals surface area contributed by atoms with Crippen LogP contribution in [0.3, 0.4) is 0 Å². The molecule has 0 radical (unpaired) electrons. The molecule has 6 nitrogen and oxygen atoms in total. The number of ether oxygens (including phenoxy) is 2. The number of cyclic esters (lactones) is 1. The van der Waals surface area contributed by atoms with E-state index in [0.717, 1.165) is 0 Å². The predicted molar refractivity (Wildman–Crippen MR) is 67.9 cm³/mol. The lowest BCUT2D eigenvalue weighted by Crippen LogP contribution is -2.37. The van der Waals surface area contributed by atoms with Crippen LogP contribution in [-0.2, 0) is 9.53 Å². The molecular weight excluding hydrogens is 248 g/mol. The molecule has 0 atom stereocenters. The molecule has 6 heteroatoms. The van der Waals surface area contributed by atoms with Crippen LogP contribution in [0.15, 0.2) is 30.3 Å². The molecule has 1 aliphatic rings. The van der Waals surface area contributed by atoms with Crippen LogP contribution in [0.1, 0.15) is 0 Å². The van der Waals surface area contributed by atoms with E-state index in [2.05, 4.69) is 5.32 Å². The minimum absolute atomic E-state index is 0.0333. The van der Waals surface area contributed by atoms with Gasteiger partial charge in [0.1, 0.15) is 12.4 Å². The summed E-state index contributed by atoms with van der Waals surface area (Å²) in [6.45, 7) is 1.82. The lowest BCUT2D eigenvalue weighted by atomic mass is 10.3. The van der Waals surface area contributed by atoms with Gasteiger partial charge in [-0.25, -0.2) is 4.79 Å². The Kier molecular flexibility index (Phi) is 4.60. The Hall–Kier alpha value is -2.24. The number of rotatable bonds is 6. The highest BCUT2D eigenvalue weighted by molar-refractivity contribution is 5.77. The van der Waals surface area contributed by atoms with Crippen LogP contribution >= 0.6 is 0 Å². The van der Waals surface area contributed by atoms with Gasteiger partial charge >= 0.3 is 6.09 Å². The fourth-order valence-corrected chi connectivity index (χ4v) is 1.68. The fourth-order valence-electron chi connectivity index (χ4n) is 1.68. The molecule has 0 bridgehead atoms. The van der Waals surface area contributed by atoms with E-state index >= 15 is 0 Å². The van der Waals surface area contributed by atoms with Gasteiger partial charge in [0, 0.05) is 13.1 Å². The Morgan fingerprint density at radius 2 is 2.16 bits per heavy atom. The van der Waals surface area contributed by atoms with Crippen molar-refractivity contribution in [1.82, 2.24) is 10.2 Å². The third kappa shape index (κ3) is 4.17. The first kappa shape index (κ1) is 13.2. The zero-order valence-corrected chi connectivity index (χ0v) is 10.5. The summed E-state index contributed by atoms with van der Waals surface area (Å²) in [6.07, 6.45) is -0.324. The maximum atomic E-state index is 11.5. The summed E-state index contributed by atoms with van der Waals surface area (Å²) < 4.78 is 10.1. The van der Waals surface area contributed by atoms with Gasteiger partial charge in [0.05, 0.1) is 6.54 Å². The predicted octanol–water partition coefficient (Wildman–Crippen LogP) is 0.634. The minimum Gasteiger partial charge on any atom is -0.484 e. The summed E-state index contributed by atoms with van der Waals surface area (Å²) in [5, 5.41) is 2.69. The minimum atomic E-state index is -0.324. The molecule has 0 saturated carbocycles. The molecule has 1 N–H and O–H groups in total. The maximum Gasteiger partial charge on any atom is 0.409 e. The molecule has 2 amide bonds. The smallest absolute Gasteiger partial charge is 0.409 e. The average Bonchev–Trinajstić information content (AvgIpc) is 2.83. The molecule has 0 aliphatic carbocycles. The van der Waals surface area contributed by atoms with Crippen molar-refractivity contribution in [1.29, 1.82) is 0 Å². The average molecular weight is 264 g/mol. The molecule has 1 aromatic rings. The summed E-state index contributed by atoms with van der Waals surface area (Å²) in [5.41, 5.74) is 0. The number of nitrogens with zero attached hydrogens (tertiary/aromatic N) is 1. The summed E-state index contributed by atoms with van der Waals surface area (Å²) in [4.78, 5) is 24.2. The SMILES string of the molecule is O=C(COc1ccccc1)NCCN1CCOC1=O. The maximum absolute atomic E-state index is 11.5. The number of carbonyl (C=O) groups is 2. The number of benzene rings is 1. The number of hydrogen-bond acceptors (Lipinski definition) is 4. The highest BCUT2D eigenvalue weighted by Gasteiger charge is 2.21. The van der Waals surface area contributed by atoms with Gasteiger partial charge in [-0.1, -0.05) is 18.2 Å². The van der Waals surface area contributed by atoms with Crippen LogP contribution in [0.2, 0.25) is 0 Å². The third-order valence-electron chi connectivity index (χ3n) is 2.66. The molecule has 1 aromatic carbocycles. The van der Waals surface area contributed by atoms with Gasteiger partial charge < -0.3 is 19.7 Å². The highest BCUT2D eigenvalue weighted by atomic mass is 16.6. The van der Waals surface area contributed by atoms with Gasteiger partial charge in [-0.05, 0) is 12.1 Å². The highest BCUT2D eigenvalue weighted by Crippen LogP contribution is 2.07. The Morgan fingerprint density at radius 1 is 1.37 bits per heavy atom. The van der Waals surface area contributed by atoms with E-state index in [1.165, 1.54) is 0 Å². The molecule has 0 unspecified atom stereocenters. The topological polar surface area (TPSA) is 67.9 Å². The van der Waals surface area contributed by atoms with Gasteiger partial charge in [0.25, 0.3) is 5.91 Å². The zero-order valence-electron chi connectivity index (χ0n) is 10.5. The second kappa shape index (κ2) is 6.63. The molecule has 0 aromatic heterocycles. The van der Waals surface area contributed by atoms with Crippen molar-refractivity contribution in [2.75, 3.05) is 32.8 Å². The number of hydrogen-bond donors (Lipinski definition) is 1. The van der Waals surface area contributed by atoms with E-state index in [4.69, 9.17) is 9.47 Å². The molecule has 2 rings (SSSR count). The largest absolute Gasteiger partial charge is 0.484 e.